The molecule has 0 spiro atoms. The van der Waals surface area contributed by atoms with Gasteiger partial charge in [0.2, 0.25) is 0 Å². The summed E-state index contributed by atoms with van der Waals surface area (Å²) in [5.74, 6) is 0.687. The van der Waals surface area contributed by atoms with Crippen LogP contribution < -0.4 is 4.74 Å². The van der Waals surface area contributed by atoms with Crippen LogP contribution in [0.4, 0.5) is 0 Å². The largest absolute Gasteiger partial charge is 0.486 e. The van der Waals surface area contributed by atoms with Crippen molar-refractivity contribution in [2.45, 2.75) is 38.8 Å². The zero-order chi connectivity index (χ0) is 24.2. The Labute approximate surface area is 214 Å². The molecule has 1 aliphatic rings. The second kappa shape index (κ2) is 10.7. The zero-order valence-electron chi connectivity index (χ0n) is 19.4. The van der Waals surface area contributed by atoms with Crippen molar-refractivity contribution in [2.24, 2.45) is 0 Å². The lowest BCUT2D eigenvalue weighted by Gasteiger charge is -2.25. The Hall–Kier alpha value is -3.00. The van der Waals surface area contributed by atoms with Gasteiger partial charge in [0.25, 0.3) is 0 Å². The lowest BCUT2D eigenvalue weighted by molar-refractivity contribution is 0.218. The Morgan fingerprint density at radius 1 is 1.03 bits per heavy atom. The molecule has 180 valence electrons. The van der Waals surface area contributed by atoms with Crippen LogP contribution in [0.2, 0.25) is 10.0 Å². The van der Waals surface area contributed by atoms with E-state index in [4.69, 9.17) is 27.9 Å². The maximum Gasteiger partial charge on any atom is 0.124 e. The number of nitrogens with zero attached hydrogens (tertiary/aromatic N) is 5. The number of hydrogen-bond donors (Lipinski definition) is 1. The minimum atomic E-state index is -0.347. The van der Waals surface area contributed by atoms with Gasteiger partial charge in [-0.25, -0.2) is 0 Å². The quantitative estimate of drug-likeness (QED) is 0.313. The normalized spacial score (nSPS) is 15.6. The van der Waals surface area contributed by atoms with Crippen molar-refractivity contribution in [3.63, 3.8) is 0 Å². The Kier molecular flexibility index (Phi) is 7.27. The summed E-state index contributed by atoms with van der Waals surface area (Å²) < 4.78 is 6.14. The fourth-order valence-corrected chi connectivity index (χ4v) is 5.01. The Balaban J connectivity index is 1.29. The van der Waals surface area contributed by atoms with Gasteiger partial charge < -0.3 is 4.74 Å². The highest BCUT2D eigenvalue weighted by atomic mass is 35.5. The number of rotatable bonds is 7. The van der Waals surface area contributed by atoms with Crippen LogP contribution in [0.3, 0.4) is 0 Å². The first-order chi connectivity index (χ1) is 17.1. The molecule has 1 saturated heterocycles. The van der Waals surface area contributed by atoms with Crippen molar-refractivity contribution in [1.82, 2.24) is 30.3 Å². The molecule has 1 unspecified atom stereocenters. The summed E-state index contributed by atoms with van der Waals surface area (Å²) in [5, 5.41) is 18.2. The number of hydrogen-bond acceptors (Lipinski definition) is 6. The Morgan fingerprint density at radius 2 is 1.83 bits per heavy atom. The third-order valence-electron chi connectivity index (χ3n) is 6.16. The van der Waals surface area contributed by atoms with Crippen LogP contribution in [0.5, 0.6) is 5.75 Å². The molecule has 4 heterocycles. The highest BCUT2D eigenvalue weighted by molar-refractivity contribution is 6.35. The molecule has 0 aliphatic carbocycles. The van der Waals surface area contributed by atoms with E-state index >= 15 is 0 Å². The molecule has 5 rings (SSSR count). The summed E-state index contributed by atoms with van der Waals surface area (Å²) in [6, 6.07) is 9.82. The summed E-state index contributed by atoms with van der Waals surface area (Å²) in [4.78, 5) is 6.45. The SMILES string of the molecule is CC(Oc1ccc2[nH]nc(/C=C/c3ccc(CN4CCCCC4)nn3)c2c1)c1c(Cl)cncc1Cl. The number of pyridine rings is 1. The maximum absolute atomic E-state index is 6.29. The molecule has 0 radical (unpaired) electrons. The molecule has 4 aromatic rings. The number of ether oxygens (including phenoxy) is 1. The summed E-state index contributed by atoms with van der Waals surface area (Å²) in [5.41, 5.74) is 4.19. The van der Waals surface area contributed by atoms with E-state index in [-0.39, 0.29) is 6.10 Å². The molecule has 1 aromatic carbocycles. The van der Waals surface area contributed by atoms with Gasteiger partial charge in [-0.05, 0) is 75.3 Å². The van der Waals surface area contributed by atoms with Crippen LogP contribution in [-0.2, 0) is 6.54 Å². The fraction of sp³-hybridized carbons (Fsp3) is 0.308. The van der Waals surface area contributed by atoms with Crippen LogP contribution in [-0.4, -0.2) is 43.4 Å². The van der Waals surface area contributed by atoms with Crippen molar-refractivity contribution in [3.8, 4) is 5.75 Å². The molecule has 1 fully saturated rings. The molecule has 35 heavy (non-hydrogen) atoms. The van der Waals surface area contributed by atoms with E-state index in [9.17, 15) is 0 Å². The number of benzene rings is 1. The van der Waals surface area contributed by atoms with Gasteiger partial charge in [-0.3, -0.25) is 15.0 Å². The van der Waals surface area contributed by atoms with Gasteiger partial charge in [0.15, 0.2) is 0 Å². The van der Waals surface area contributed by atoms with Crippen LogP contribution >= 0.6 is 23.2 Å². The molecular weight excluding hydrogens is 483 g/mol. The lowest BCUT2D eigenvalue weighted by atomic mass is 10.1. The average Bonchev–Trinajstić information content (AvgIpc) is 3.26. The van der Waals surface area contributed by atoms with Crippen LogP contribution in [0.1, 0.15) is 54.9 Å². The number of halogens is 2. The van der Waals surface area contributed by atoms with E-state index in [2.05, 4.69) is 30.3 Å². The van der Waals surface area contributed by atoms with E-state index in [0.29, 0.717) is 21.4 Å². The van der Waals surface area contributed by atoms with Gasteiger partial charge in [-0.2, -0.15) is 15.3 Å². The monoisotopic (exact) mass is 508 g/mol. The highest BCUT2D eigenvalue weighted by Crippen LogP contribution is 2.33. The van der Waals surface area contributed by atoms with Gasteiger partial charge in [0.1, 0.15) is 11.9 Å². The topological polar surface area (TPSA) is 79.8 Å². The fourth-order valence-electron chi connectivity index (χ4n) is 4.34. The van der Waals surface area contributed by atoms with E-state index in [0.717, 1.165) is 47.6 Å². The zero-order valence-corrected chi connectivity index (χ0v) is 20.9. The van der Waals surface area contributed by atoms with Crippen molar-refractivity contribution < 1.29 is 4.74 Å². The van der Waals surface area contributed by atoms with Crippen molar-refractivity contribution in [3.05, 3.63) is 75.4 Å². The number of H-pyrrole nitrogens is 1. The van der Waals surface area contributed by atoms with Gasteiger partial charge >= 0.3 is 0 Å². The average molecular weight is 509 g/mol. The predicted octanol–water partition coefficient (Wildman–Crippen LogP) is 6.35. The minimum Gasteiger partial charge on any atom is -0.486 e. The number of nitrogens with one attached hydrogen (secondary N) is 1. The number of likely N-dealkylation sites (tertiary alicyclic amines) is 1. The Morgan fingerprint density at radius 3 is 2.57 bits per heavy atom. The standard InChI is InChI=1S/C26H26Cl2N6O/c1-17(26-22(27)14-29-15-23(26)28)35-20-8-10-25-21(13-20)24(32-33-25)9-7-18-5-6-19(31-30-18)16-34-11-3-2-4-12-34/h5-10,13-15,17H,2-4,11-12,16H2,1H3,(H,32,33)/b9-7+. The number of aromatic amines is 1. The predicted molar refractivity (Wildman–Crippen MR) is 139 cm³/mol. The lowest BCUT2D eigenvalue weighted by Crippen LogP contribution is -2.29. The molecule has 3 aromatic heterocycles. The number of aromatic nitrogens is 5. The Bertz CT molecular complexity index is 1310. The van der Waals surface area contributed by atoms with E-state index in [1.165, 1.54) is 19.3 Å². The minimum absolute atomic E-state index is 0.347. The van der Waals surface area contributed by atoms with Crippen LogP contribution in [0, 0.1) is 0 Å². The second-order valence-corrected chi connectivity index (χ2v) is 9.53. The van der Waals surface area contributed by atoms with Crippen molar-refractivity contribution >= 4 is 46.3 Å². The smallest absolute Gasteiger partial charge is 0.124 e. The summed E-state index contributed by atoms with van der Waals surface area (Å²) in [6.07, 6.45) is 10.5. The van der Waals surface area contributed by atoms with Crippen LogP contribution in [0.15, 0.2) is 42.7 Å². The first kappa shape index (κ1) is 23.7. The summed E-state index contributed by atoms with van der Waals surface area (Å²) >= 11 is 12.6. The maximum atomic E-state index is 6.29. The second-order valence-electron chi connectivity index (χ2n) is 8.71. The first-order valence-corrected chi connectivity index (χ1v) is 12.5. The van der Waals surface area contributed by atoms with Crippen molar-refractivity contribution in [1.29, 1.82) is 0 Å². The molecule has 0 bridgehead atoms. The number of fused-ring (bicyclic) bond motifs is 1. The molecule has 7 nitrogen and oxygen atoms in total. The summed E-state index contributed by atoms with van der Waals surface area (Å²) in [6.45, 7) is 5.05. The molecule has 1 atom stereocenters. The van der Waals surface area contributed by atoms with Gasteiger partial charge in [-0.1, -0.05) is 29.6 Å². The molecular formula is C26H26Cl2N6O. The molecule has 0 saturated carbocycles. The van der Waals surface area contributed by atoms with Gasteiger partial charge in [-0.15, -0.1) is 0 Å². The first-order valence-electron chi connectivity index (χ1n) is 11.7. The third kappa shape index (κ3) is 5.64. The highest BCUT2D eigenvalue weighted by Gasteiger charge is 2.17. The van der Waals surface area contributed by atoms with Gasteiger partial charge in [0.05, 0.1) is 32.6 Å². The van der Waals surface area contributed by atoms with Crippen LogP contribution in [0.25, 0.3) is 23.1 Å². The molecule has 1 N–H and O–H groups in total. The van der Waals surface area contributed by atoms with Gasteiger partial charge in [0, 0.05) is 29.9 Å². The molecule has 0 amide bonds. The summed E-state index contributed by atoms with van der Waals surface area (Å²) in [7, 11) is 0. The van der Waals surface area contributed by atoms with E-state index in [1.54, 1.807) is 12.4 Å². The third-order valence-corrected chi connectivity index (χ3v) is 6.76. The van der Waals surface area contributed by atoms with Crippen molar-refractivity contribution in [2.75, 3.05) is 13.1 Å². The molecule has 1 aliphatic heterocycles. The van der Waals surface area contributed by atoms with E-state index < -0.39 is 0 Å². The number of piperidine rings is 1. The molecule has 9 heteroatoms. The van der Waals surface area contributed by atoms with E-state index in [1.807, 2.05) is 49.4 Å².